The van der Waals surface area contributed by atoms with Crippen molar-refractivity contribution in [1.29, 1.82) is 0 Å². The number of nitrogens with one attached hydrogen (secondary N) is 2. The normalized spacial score (nSPS) is 11.3. The van der Waals surface area contributed by atoms with E-state index in [1.54, 1.807) is 6.92 Å². The Morgan fingerprint density at radius 1 is 1.22 bits per heavy atom. The van der Waals surface area contributed by atoms with Crippen LogP contribution in [-0.4, -0.2) is 27.8 Å². The van der Waals surface area contributed by atoms with Gasteiger partial charge in [0.2, 0.25) is 5.91 Å². The van der Waals surface area contributed by atoms with E-state index in [0.717, 1.165) is 0 Å². The first-order chi connectivity index (χ1) is 10.8. The fraction of sp³-hybridized carbons (Fsp3) is 0.357. The van der Waals surface area contributed by atoms with E-state index in [9.17, 15) is 24.5 Å². The highest BCUT2D eigenvalue weighted by molar-refractivity contribution is 5.95. The predicted molar refractivity (Wildman–Crippen MR) is 79.4 cm³/mol. The van der Waals surface area contributed by atoms with Gasteiger partial charge in [-0.1, -0.05) is 6.92 Å². The summed E-state index contributed by atoms with van der Waals surface area (Å²) in [7, 11) is 0. The van der Waals surface area contributed by atoms with Crippen molar-refractivity contribution in [1.82, 2.24) is 10.9 Å². The number of carboxylic acids is 1. The van der Waals surface area contributed by atoms with Gasteiger partial charge in [-0.05, 0) is 25.0 Å². The van der Waals surface area contributed by atoms with Gasteiger partial charge in [-0.15, -0.1) is 0 Å². The minimum absolute atomic E-state index is 0.0364. The Morgan fingerprint density at radius 2 is 1.83 bits per heavy atom. The summed E-state index contributed by atoms with van der Waals surface area (Å²) < 4.78 is 0. The van der Waals surface area contributed by atoms with Gasteiger partial charge in [-0.3, -0.25) is 35.3 Å². The number of non-ortho nitro benzene ring substituents is 1. The number of amides is 2. The number of hydrogen-bond acceptors (Lipinski definition) is 5. The number of benzene rings is 1. The van der Waals surface area contributed by atoms with Crippen LogP contribution in [0.2, 0.25) is 0 Å². The maximum atomic E-state index is 11.7. The lowest BCUT2D eigenvalue weighted by atomic mass is 10.0. The Kier molecular flexibility index (Phi) is 6.66. The second-order valence-corrected chi connectivity index (χ2v) is 4.79. The second-order valence-electron chi connectivity index (χ2n) is 4.79. The number of carbonyl (C=O) groups excluding carboxylic acids is 2. The van der Waals surface area contributed by atoms with Crippen molar-refractivity contribution in [3.63, 3.8) is 0 Å². The van der Waals surface area contributed by atoms with Crippen LogP contribution in [0.5, 0.6) is 0 Å². The Bertz CT molecular complexity index is 599. The van der Waals surface area contributed by atoms with Gasteiger partial charge < -0.3 is 5.11 Å². The molecule has 9 nitrogen and oxygen atoms in total. The molecule has 0 bridgehead atoms. The molecule has 0 fully saturated rings. The van der Waals surface area contributed by atoms with Crippen molar-refractivity contribution >= 4 is 23.5 Å². The van der Waals surface area contributed by atoms with Gasteiger partial charge in [0.1, 0.15) is 0 Å². The minimum atomic E-state index is -0.963. The maximum Gasteiger partial charge on any atom is 0.306 e. The number of carboxylic acid groups (broad SMARTS) is 1. The number of rotatable bonds is 7. The topological polar surface area (TPSA) is 139 Å². The summed E-state index contributed by atoms with van der Waals surface area (Å²) in [5, 5.41) is 19.4. The van der Waals surface area contributed by atoms with E-state index in [1.807, 2.05) is 0 Å². The Balaban J connectivity index is 2.44. The number of nitrogens with zero attached hydrogens (tertiary/aromatic N) is 1. The zero-order chi connectivity index (χ0) is 17.4. The van der Waals surface area contributed by atoms with E-state index in [-0.39, 0.29) is 24.1 Å². The Morgan fingerprint density at radius 3 is 2.30 bits per heavy atom. The molecule has 1 aromatic rings. The van der Waals surface area contributed by atoms with Gasteiger partial charge >= 0.3 is 5.97 Å². The molecule has 0 aliphatic heterocycles. The highest BCUT2D eigenvalue weighted by Gasteiger charge is 2.17. The third kappa shape index (κ3) is 5.73. The lowest BCUT2D eigenvalue weighted by molar-refractivity contribution is -0.384. The van der Waals surface area contributed by atoms with Gasteiger partial charge in [0.05, 0.1) is 10.8 Å². The molecule has 124 valence electrons. The van der Waals surface area contributed by atoms with E-state index in [1.165, 1.54) is 24.3 Å². The molecule has 0 aliphatic rings. The highest BCUT2D eigenvalue weighted by Crippen LogP contribution is 2.12. The molecule has 1 aromatic carbocycles. The van der Waals surface area contributed by atoms with Gasteiger partial charge in [-0.2, -0.15) is 0 Å². The number of hydrazine groups is 1. The summed E-state index contributed by atoms with van der Waals surface area (Å²) in [5.41, 5.74) is 4.33. The molecular weight excluding hydrogens is 306 g/mol. The zero-order valence-corrected chi connectivity index (χ0v) is 12.4. The van der Waals surface area contributed by atoms with Crippen LogP contribution < -0.4 is 10.9 Å². The second kappa shape index (κ2) is 8.47. The predicted octanol–water partition coefficient (Wildman–Crippen LogP) is 1.25. The molecule has 0 radical (unpaired) electrons. The van der Waals surface area contributed by atoms with E-state index in [2.05, 4.69) is 10.9 Å². The number of aliphatic carboxylic acids is 1. The molecule has 1 atom stereocenters. The monoisotopic (exact) mass is 323 g/mol. The molecular formula is C14H17N3O6. The minimum Gasteiger partial charge on any atom is -0.481 e. The molecule has 1 unspecified atom stereocenters. The SMILES string of the molecule is CCC(CCC(=O)NNC(=O)c1ccc([N+](=O)[O-])cc1)C(=O)O. The van der Waals surface area contributed by atoms with Crippen molar-refractivity contribution in [3.05, 3.63) is 39.9 Å². The van der Waals surface area contributed by atoms with Gasteiger partial charge in [0, 0.05) is 24.1 Å². The number of carbonyl (C=O) groups is 3. The van der Waals surface area contributed by atoms with E-state index in [4.69, 9.17) is 5.11 Å². The average molecular weight is 323 g/mol. The van der Waals surface area contributed by atoms with Crippen molar-refractivity contribution in [3.8, 4) is 0 Å². The smallest absolute Gasteiger partial charge is 0.306 e. The summed E-state index contributed by atoms with van der Waals surface area (Å²) in [4.78, 5) is 44.0. The van der Waals surface area contributed by atoms with Crippen molar-refractivity contribution in [2.75, 3.05) is 0 Å². The fourth-order valence-electron chi connectivity index (χ4n) is 1.80. The van der Waals surface area contributed by atoms with Gasteiger partial charge in [0.25, 0.3) is 11.6 Å². The first-order valence-electron chi connectivity index (χ1n) is 6.91. The first-order valence-corrected chi connectivity index (χ1v) is 6.91. The molecule has 1 rings (SSSR count). The fourth-order valence-corrected chi connectivity index (χ4v) is 1.80. The largest absolute Gasteiger partial charge is 0.481 e. The number of nitro benzene ring substituents is 1. The van der Waals surface area contributed by atoms with Crippen LogP contribution >= 0.6 is 0 Å². The third-order valence-corrected chi connectivity index (χ3v) is 3.22. The Hall–Kier alpha value is -2.97. The van der Waals surface area contributed by atoms with Gasteiger partial charge in [-0.25, -0.2) is 0 Å². The van der Waals surface area contributed by atoms with E-state index < -0.39 is 28.6 Å². The summed E-state index contributed by atoms with van der Waals surface area (Å²) in [5.74, 6) is -2.71. The molecule has 0 aliphatic carbocycles. The van der Waals surface area contributed by atoms with Crippen molar-refractivity contribution < 1.29 is 24.4 Å². The van der Waals surface area contributed by atoms with Crippen LogP contribution in [0.15, 0.2) is 24.3 Å². The lowest BCUT2D eigenvalue weighted by Crippen LogP contribution is -2.41. The van der Waals surface area contributed by atoms with Crippen LogP contribution in [0.4, 0.5) is 5.69 Å². The molecule has 2 amide bonds. The summed E-state index contributed by atoms with van der Waals surface area (Å²) in [6, 6.07) is 4.87. The molecule has 9 heteroatoms. The number of hydrogen-bond donors (Lipinski definition) is 3. The van der Waals surface area contributed by atoms with Gasteiger partial charge in [0.15, 0.2) is 0 Å². The third-order valence-electron chi connectivity index (χ3n) is 3.22. The summed E-state index contributed by atoms with van der Waals surface area (Å²) in [6.07, 6.45) is 0.550. The molecule has 0 saturated carbocycles. The quantitative estimate of drug-likeness (QED) is 0.510. The van der Waals surface area contributed by atoms with Crippen LogP contribution in [0.25, 0.3) is 0 Å². The molecule has 0 spiro atoms. The van der Waals surface area contributed by atoms with Crippen LogP contribution in [0.3, 0.4) is 0 Å². The van der Waals surface area contributed by atoms with Crippen molar-refractivity contribution in [2.45, 2.75) is 26.2 Å². The molecule has 0 heterocycles. The molecule has 0 saturated heterocycles. The average Bonchev–Trinajstić information content (AvgIpc) is 2.52. The first kappa shape index (κ1) is 18.1. The van der Waals surface area contributed by atoms with Crippen molar-refractivity contribution in [2.24, 2.45) is 5.92 Å². The summed E-state index contributed by atoms with van der Waals surface area (Å²) in [6.45, 7) is 1.72. The maximum absolute atomic E-state index is 11.7. The van der Waals surface area contributed by atoms with Crippen LogP contribution in [0.1, 0.15) is 36.5 Å². The van der Waals surface area contributed by atoms with Crippen LogP contribution in [0, 0.1) is 16.0 Å². The van der Waals surface area contributed by atoms with E-state index in [0.29, 0.717) is 6.42 Å². The van der Waals surface area contributed by atoms with Crippen LogP contribution in [-0.2, 0) is 9.59 Å². The van der Waals surface area contributed by atoms with E-state index >= 15 is 0 Å². The molecule has 23 heavy (non-hydrogen) atoms. The standard InChI is InChI=1S/C14H17N3O6/c1-2-9(14(20)21)5-8-12(18)15-16-13(19)10-3-6-11(7-4-10)17(22)23/h3-4,6-7,9H,2,5,8H2,1H3,(H,15,18)(H,16,19)(H,20,21). The zero-order valence-electron chi connectivity index (χ0n) is 12.4. The molecule has 3 N–H and O–H groups in total. The highest BCUT2D eigenvalue weighted by atomic mass is 16.6. The summed E-state index contributed by atoms with van der Waals surface area (Å²) >= 11 is 0. The Labute approximate surface area is 131 Å². The molecule has 0 aromatic heterocycles. The lowest BCUT2D eigenvalue weighted by Gasteiger charge is -2.10. The number of nitro groups is 1.